The molecule has 0 heterocycles. The average molecular weight is 408 g/mol. The van der Waals surface area contributed by atoms with Crippen LogP contribution < -0.4 is 0 Å². The summed E-state index contributed by atoms with van der Waals surface area (Å²) in [6, 6.07) is 5.03. The molecule has 27 heavy (non-hydrogen) atoms. The maximum atomic E-state index is 13.1. The number of carbonyl (C=O) groups is 1. The molecule has 2 rings (SSSR count). The monoisotopic (exact) mass is 408 g/mol. The predicted molar refractivity (Wildman–Crippen MR) is 87.1 cm³/mol. The zero-order valence-corrected chi connectivity index (χ0v) is 15.2. The maximum Gasteiger partial charge on any atom is 0.534 e. The van der Waals surface area contributed by atoms with Gasteiger partial charge in [0.25, 0.3) is 0 Å². The summed E-state index contributed by atoms with van der Waals surface area (Å²) in [6.07, 6.45) is 2.43. The quantitative estimate of drug-likeness (QED) is 0.322. The molecule has 0 bridgehead atoms. The number of rotatable bonds is 5. The van der Waals surface area contributed by atoms with Crippen LogP contribution in [0.2, 0.25) is 0 Å². The minimum Gasteiger partial charge on any atom is -0.466 e. The molecule has 0 radical (unpaired) electrons. The van der Waals surface area contributed by atoms with Crippen molar-refractivity contribution in [2.24, 2.45) is 5.41 Å². The summed E-state index contributed by atoms with van der Waals surface area (Å²) in [5, 5.41) is 0. The van der Waals surface area contributed by atoms with Crippen molar-refractivity contribution in [3.05, 3.63) is 59.1 Å². The van der Waals surface area contributed by atoms with Crippen LogP contribution in [0.3, 0.4) is 0 Å². The van der Waals surface area contributed by atoms with Crippen LogP contribution in [0.4, 0.5) is 17.6 Å². The van der Waals surface area contributed by atoms with Gasteiger partial charge in [-0.25, -0.2) is 9.18 Å². The molecule has 1 aliphatic rings. The molecule has 0 aromatic heterocycles. The van der Waals surface area contributed by atoms with Crippen LogP contribution in [-0.4, -0.2) is 27.0 Å². The molecule has 0 amide bonds. The van der Waals surface area contributed by atoms with E-state index in [1.165, 1.54) is 25.1 Å². The van der Waals surface area contributed by atoms with Gasteiger partial charge in [0.2, 0.25) is 0 Å². The van der Waals surface area contributed by atoms with Gasteiger partial charge in [0.15, 0.2) is 0 Å². The van der Waals surface area contributed by atoms with E-state index in [1.807, 2.05) is 0 Å². The second-order valence-corrected chi connectivity index (χ2v) is 7.57. The summed E-state index contributed by atoms with van der Waals surface area (Å²) >= 11 is 0. The number of halogens is 4. The summed E-state index contributed by atoms with van der Waals surface area (Å²) < 4.78 is 83.3. The highest BCUT2D eigenvalue weighted by atomic mass is 32.2. The fraction of sp³-hybridized carbons (Fsp3) is 0.353. The Morgan fingerprint density at radius 2 is 1.78 bits per heavy atom. The molecule has 1 atom stereocenters. The van der Waals surface area contributed by atoms with Gasteiger partial charge in [-0.3, -0.25) is 0 Å². The van der Waals surface area contributed by atoms with Gasteiger partial charge < -0.3 is 8.92 Å². The molecule has 148 valence electrons. The SMILES string of the molecule is COC(=O)C1=CCC=C(OS(=O)(=O)C(F)(F)F)[C@@]1(C)Cc1ccc(F)cc1. The number of alkyl halides is 3. The molecule has 10 heteroatoms. The molecule has 1 aromatic rings. The molecule has 0 unspecified atom stereocenters. The Bertz CT molecular complexity index is 885. The van der Waals surface area contributed by atoms with Crippen molar-refractivity contribution in [2.45, 2.75) is 25.3 Å². The molecule has 0 saturated heterocycles. The number of esters is 1. The van der Waals surface area contributed by atoms with Crippen molar-refractivity contribution in [2.75, 3.05) is 7.11 Å². The molecular weight excluding hydrogens is 392 g/mol. The largest absolute Gasteiger partial charge is 0.534 e. The first-order valence-electron chi connectivity index (χ1n) is 7.65. The van der Waals surface area contributed by atoms with E-state index in [9.17, 15) is 30.8 Å². The minimum absolute atomic E-state index is 0.0217. The molecule has 0 N–H and O–H groups in total. The van der Waals surface area contributed by atoms with Crippen molar-refractivity contribution in [1.82, 2.24) is 0 Å². The lowest BCUT2D eigenvalue weighted by Gasteiger charge is -2.35. The van der Waals surface area contributed by atoms with Crippen molar-refractivity contribution < 1.29 is 39.7 Å². The Morgan fingerprint density at radius 3 is 2.30 bits per heavy atom. The molecule has 0 spiro atoms. The van der Waals surface area contributed by atoms with Crippen LogP contribution in [0, 0.1) is 11.2 Å². The first-order chi connectivity index (χ1) is 12.4. The van der Waals surface area contributed by atoms with Gasteiger partial charge >= 0.3 is 21.6 Å². The lowest BCUT2D eigenvalue weighted by molar-refractivity contribution is -0.137. The average Bonchev–Trinajstić information content (AvgIpc) is 2.57. The van der Waals surface area contributed by atoms with E-state index in [0.29, 0.717) is 5.56 Å². The topological polar surface area (TPSA) is 69.7 Å². The highest BCUT2D eigenvalue weighted by molar-refractivity contribution is 7.87. The Kier molecular flexibility index (Phi) is 5.69. The van der Waals surface area contributed by atoms with Gasteiger partial charge in [0.05, 0.1) is 12.5 Å². The lowest BCUT2D eigenvalue weighted by Crippen LogP contribution is -2.36. The van der Waals surface area contributed by atoms with Gasteiger partial charge in [0, 0.05) is 5.57 Å². The summed E-state index contributed by atoms with van der Waals surface area (Å²) in [6.45, 7) is 1.36. The van der Waals surface area contributed by atoms with Crippen molar-refractivity contribution in [3.8, 4) is 0 Å². The molecular formula is C17H16F4O5S. The normalized spacial score (nSPS) is 20.5. The lowest BCUT2D eigenvalue weighted by atomic mass is 9.72. The molecule has 0 saturated carbocycles. The van der Waals surface area contributed by atoms with Crippen molar-refractivity contribution in [3.63, 3.8) is 0 Å². The number of benzene rings is 1. The van der Waals surface area contributed by atoms with Gasteiger partial charge in [-0.1, -0.05) is 18.2 Å². The van der Waals surface area contributed by atoms with Gasteiger partial charge in [0.1, 0.15) is 11.6 Å². The summed E-state index contributed by atoms with van der Waals surface area (Å²) in [5.41, 5.74) is -6.79. The van der Waals surface area contributed by atoms with Gasteiger partial charge in [-0.2, -0.15) is 21.6 Å². The number of carbonyl (C=O) groups excluding carboxylic acids is 1. The minimum atomic E-state index is -5.93. The summed E-state index contributed by atoms with van der Waals surface area (Å²) in [7, 11) is -4.84. The second-order valence-electron chi connectivity index (χ2n) is 6.03. The van der Waals surface area contributed by atoms with E-state index in [-0.39, 0.29) is 18.4 Å². The fourth-order valence-corrected chi connectivity index (χ4v) is 3.35. The van der Waals surface area contributed by atoms with Crippen LogP contribution in [-0.2, 0) is 30.3 Å². The van der Waals surface area contributed by atoms with E-state index >= 15 is 0 Å². The zero-order chi connectivity index (χ0) is 20.5. The maximum absolute atomic E-state index is 13.1. The van der Waals surface area contributed by atoms with Crippen LogP contribution in [0.1, 0.15) is 18.9 Å². The molecule has 5 nitrogen and oxygen atoms in total. The van der Waals surface area contributed by atoms with Crippen molar-refractivity contribution >= 4 is 16.1 Å². The number of allylic oxidation sites excluding steroid dienone is 3. The number of methoxy groups -OCH3 is 1. The molecule has 0 fully saturated rings. The zero-order valence-electron chi connectivity index (χ0n) is 14.3. The first-order valence-corrected chi connectivity index (χ1v) is 9.06. The van der Waals surface area contributed by atoms with Crippen molar-refractivity contribution in [1.29, 1.82) is 0 Å². The number of ether oxygens (including phenoxy) is 1. The summed E-state index contributed by atoms with van der Waals surface area (Å²) in [4.78, 5) is 12.1. The number of hydrogen-bond donors (Lipinski definition) is 0. The molecule has 0 aliphatic heterocycles. The second kappa shape index (κ2) is 7.34. The first kappa shape index (κ1) is 20.9. The highest BCUT2D eigenvalue weighted by Gasteiger charge is 2.52. The smallest absolute Gasteiger partial charge is 0.466 e. The van der Waals surface area contributed by atoms with Crippen LogP contribution >= 0.6 is 0 Å². The highest BCUT2D eigenvalue weighted by Crippen LogP contribution is 2.45. The standard InChI is InChI=1S/C17H16F4O5S/c1-16(10-11-6-8-12(18)9-7-11)13(15(22)25-2)4-3-5-14(16)26-27(23,24)17(19,20)21/h4-9H,3,10H2,1-2H3/t16-/m0/s1. The molecule has 1 aliphatic carbocycles. The van der Waals surface area contributed by atoms with Crippen LogP contribution in [0.5, 0.6) is 0 Å². The Morgan fingerprint density at radius 1 is 1.19 bits per heavy atom. The summed E-state index contributed by atoms with van der Waals surface area (Å²) in [5.74, 6) is -1.91. The fourth-order valence-electron chi connectivity index (χ4n) is 2.77. The van der Waals surface area contributed by atoms with Gasteiger partial charge in [-0.05, 0) is 43.5 Å². The van der Waals surface area contributed by atoms with E-state index in [2.05, 4.69) is 8.92 Å². The van der Waals surface area contributed by atoms with E-state index < -0.39 is 38.6 Å². The Labute approximate surface area is 153 Å². The third-order valence-electron chi connectivity index (χ3n) is 4.12. The third-order valence-corrected chi connectivity index (χ3v) is 5.09. The van der Waals surface area contributed by atoms with Crippen LogP contribution in [0.15, 0.2) is 47.7 Å². The Hall–Kier alpha value is -2.36. The van der Waals surface area contributed by atoms with E-state index in [4.69, 9.17) is 0 Å². The Balaban J connectivity index is 2.49. The van der Waals surface area contributed by atoms with Gasteiger partial charge in [-0.15, -0.1) is 0 Å². The van der Waals surface area contributed by atoms with E-state index in [0.717, 1.165) is 25.3 Å². The van der Waals surface area contributed by atoms with Crippen LogP contribution in [0.25, 0.3) is 0 Å². The molecule has 1 aromatic carbocycles. The van der Waals surface area contributed by atoms with E-state index in [1.54, 1.807) is 0 Å². The number of hydrogen-bond acceptors (Lipinski definition) is 5. The third kappa shape index (κ3) is 4.32. The predicted octanol–water partition coefficient (Wildman–Crippen LogP) is 3.63.